The van der Waals surface area contributed by atoms with Gasteiger partial charge in [-0.15, -0.1) is 0 Å². The molecule has 0 aromatic carbocycles. The van der Waals surface area contributed by atoms with Crippen LogP contribution in [0.5, 0.6) is 0 Å². The molecule has 0 bridgehead atoms. The average molecular weight is 693 g/mol. The minimum Gasteiger partial charge on any atom is -0.463 e. The van der Waals surface area contributed by atoms with E-state index in [-0.39, 0.29) is 41.8 Å². The number of aliphatic hydroxyl groups excluding tert-OH is 1. The Labute approximate surface area is 285 Å². The molecule has 4 fully saturated rings. The summed E-state index contributed by atoms with van der Waals surface area (Å²) in [5, 5.41) is 23.9. The van der Waals surface area contributed by atoms with Crippen molar-refractivity contribution >= 4 is 35.4 Å². The molecule has 272 valence electrons. The molecule has 5 aliphatic rings. The highest BCUT2D eigenvalue weighted by molar-refractivity contribution is 5.92. The Morgan fingerprint density at radius 3 is 2.14 bits per heavy atom. The van der Waals surface area contributed by atoms with Crippen LogP contribution in [-0.4, -0.2) is 101 Å². The monoisotopic (exact) mass is 692 g/mol. The van der Waals surface area contributed by atoms with E-state index in [9.17, 15) is 39.0 Å². The van der Waals surface area contributed by atoms with Crippen molar-refractivity contribution in [2.75, 3.05) is 13.2 Å². The van der Waals surface area contributed by atoms with Gasteiger partial charge in [-0.25, -0.2) is 0 Å². The van der Waals surface area contributed by atoms with Crippen LogP contribution in [0, 0.1) is 28.6 Å². The predicted molar refractivity (Wildman–Crippen MR) is 166 cm³/mol. The smallest absolute Gasteiger partial charge is 0.303 e. The average Bonchev–Trinajstić information content (AvgIpc) is 3.27. The molecule has 12 atom stereocenters. The number of Topliss-reactive ketones (excluding diaryl/α,β-unsaturated/α-hetero) is 1. The van der Waals surface area contributed by atoms with Crippen LogP contribution in [0.15, 0.2) is 11.6 Å². The summed E-state index contributed by atoms with van der Waals surface area (Å²) in [6.07, 6.45) is -2.84. The molecule has 0 spiro atoms. The van der Waals surface area contributed by atoms with Crippen molar-refractivity contribution in [2.24, 2.45) is 28.6 Å². The van der Waals surface area contributed by atoms with Crippen molar-refractivity contribution in [1.82, 2.24) is 0 Å². The molecule has 1 aliphatic heterocycles. The molecule has 5 rings (SSSR count). The van der Waals surface area contributed by atoms with Crippen molar-refractivity contribution in [2.45, 2.75) is 129 Å². The van der Waals surface area contributed by atoms with E-state index in [0.29, 0.717) is 19.3 Å². The Bertz CT molecular complexity index is 1410. The van der Waals surface area contributed by atoms with Crippen LogP contribution in [0.2, 0.25) is 0 Å². The molecule has 1 heterocycles. The second-order valence-corrected chi connectivity index (χ2v) is 14.8. The van der Waals surface area contributed by atoms with Crippen molar-refractivity contribution in [1.29, 1.82) is 0 Å². The van der Waals surface area contributed by atoms with Gasteiger partial charge in [-0.3, -0.25) is 28.8 Å². The lowest BCUT2D eigenvalue weighted by atomic mass is 9.45. The fourth-order valence-electron chi connectivity index (χ4n) is 9.75. The molecule has 49 heavy (non-hydrogen) atoms. The Balaban J connectivity index is 1.38. The van der Waals surface area contributed by atoms with Gasteiger partial charge in [0, 0.05) is 39.5 Å². The van der Waals surface area contributed by atoms with Gasteiger partial charge in [-0.05, 0) is 67.8 Å². The number of hydrogen-bond donors (Lipinski definition) is 2. The van der Waals surface area contributed by atoms with Crippen LogP contribution < -0.4 is 0 Å². The van der Waals surface area contributed by atoms with Crippen LogP contribution in [0.4, 0.5) is 0 Å². The number of carbonyl (C=O) groups is 6. The number of hydrogen-bond acceptors (Lipinski definition) is 14. The number of ketones is 2. The van der Waals surface area contributed by atoms with Crippen LogP contribution >= 0.6 is 0 Å². The summed E-state index contributed by atoms with van der Waals surface area (Å²) < 4.78 is 33.2. The number of ether oxygens (including phenoxy) is 6. The van der Waals surface area contributed by atoms with E-state index >= 15 is 0 Å². The molecule has 14 heteroatoms. The summed E-state index contributed by atoms with van der Waals surface area (Å²) in [6.45, 7) is 7.26. The molecule has 0 aromatic rings. The van der Waals surface area contributed by atoms with E-state index in [2.05, 4.69) is 6.92 Å². The highest BCUT2D eigenvalue weighted by Crippen LogP contribution is 2.67. The second-order valence-electron chi connectivity index (χ2n) is 14.8. The molecule has 1 saturated heterocycles. The van der Waals surface area contributed by atoms with Crippen LogP contribution in [0.25, 0.3) is 0 Å². The topological polar surface area (TPSA) is 198 Å². The molecular weight excluding hydrogens is 644 g/mol. The van der Waals surface area contributed by atoms with Gasteiger partial charge in [0.15, 0.2) is 36.2 Å². The summed E-state index contributed by atoms with van der Waals surface area (Å²) in [5.74, 6) is -3.79. The Morgan fingerprint density at radius 2 is 1.51 bits per heavy atom. The number of allylic oxidation sites excluding steroid dienone is 1. The summed E-state index contributed by atoms with van der Waals surface area (Å²) in [4.78, 5) is 74.3. The number of aliphatic hydroxyl groups is 2. The number of rotatable bonds is 9. The lowest BCUT2D eigenvalue weighted by Gasteiger charge is -2.60. The molecule has 0 amide bonds. The molecule has 3 saturated carbocycles. The largest absolute Gasteiger partial charge is 0.463 e. The minimum atomic E-state index is -1.87. The van der Waals surface area contributed by atoms with E-state index in [4.69, 9.17) is 28.4 Å². The number of fused-ring (bicyclic) bond motifs is 5. The summed E-state index contributed by atoms with van der Waals surface area (Å²) in [7, 11) is 0. The summed E-state index contributed by atoms with van der Waals surface area (Å²) >= 11 is 0. The zero-order valence-corrected chi connectivity index (χ0v) is 28.9. The zero-order chi connectivity index (χ0) is 36.1. The normalized spacial score (nSPS) is 41.3. The van der Waals surface area contributed by atoms with E-state index in [1.807, 2.05) is 6.92 Å². The SMILES string of the molecule is CC(=O)OC[C@H]1OC(OCC(=O)[C@@]2(O)CC[C@H]3[C@@H]4CCC5=CC(=O)CC[C@]5(C)[C@H]4[C@@H](O)C[C@@]32C)[C@H](OC(C)=O)[C@@H](OC(C)=O)[C@H]1OC(C)=O. The maximum atomic E-state index is 14.1. The van der Waals surface area contributed by atoms with Gasteiger partial charge in [-0.1, -0.05) is 19.4 Å². The first-order chi connectivity index (χ1) is 22.9. The Hall–Kier alpha value is -3.20. The molecule has 14 nitrogen and oxygen atoms in total. The first-order valence-corrected chi connectivity index (χ1v) is 17.0. The van der Waals surface area contributed by atoms with Crippen molar-refractivity contribution < 1.29 is 67.4 Å². The zero-order valence-electron chi connectivity index (χ0n) is 28.9. The maximum Gasteiger partial charge on any atom is 0.303 e. The van der Waals surface area contributed by atoms with Crippen LogP contribution in [0.1, 0.15) is 86.5 Å². The third kappa shape index (κ3) is 6.81. The molecule has 0 radical (unpaired) electrons. The van der Waals surface area contributed by atoms with Crippen LogP contribution in [-0.2, 0) is 57.2 Å². The lowest BCUT2D eigenvalue weighted by Crippen LogP contribution is -2.64. The molecule has 4 aliphatic carbocycles. The van der Waals surface area contributed by atoms with Crippen molar-refractivity contribution in [3.05, 3.63) is 11.6 Å². The first-order valence-electron chi connectivity index (χ1n) is 17.0. The first kappa shape index (κ1) is 37.1. The lowest BCUT2D eigenvalue weighted by molar-refractivity contribution is -0.307. The van der Waals surface area contributed by atoms with Gasteiger partial charge in [0.25, 0.3) is 0 Å². The maximum absolute atomic E-state index is 14.1. The second kappa shape index (κ2) is 13.8. The van der Waals surface area contributed by atoms with Gasteiger partial charge in [0.1, 0.15) is 24.9 Å². The van der Waals surface area contributed by atoms with E-state index in [1.165, 1.54) is 0 Å². The van der Waals surface area contributed by atoms with Gasteiger partial charge < -0.3 is 38.6 Å². The standard InChI is InChI=1S/C35H48O14/c1-17(36)44-15-26-29(46-18(2)37)30(47-19(3)38)31(48-20(4)39)32(49-26)45-16-27(42)35(43)12-10-24-23-8-7-21-13-22(40)9-11-33(21,5)28(23)25(41)14-34(24,35)6/h13,23-26,28-32,41,43H,7-12,14-16H2,1-6H3/t23-,24-,25-,26+,28+,29-,30-,31+,32?,33-,34-,35-/m0/s1. The fraction of sp³-hybridized carbons (Fsp3) is 0.771. The van der Waals surface area contributed by atoms with Crippen molar-refractivity contribution in [3.8, 4) is 0 Å². The van der Waals surface area contributed by atoms with E-state index in [0.717, 1.165) is 46.1 Å². The summed E-state index contributed by atoms with van der Waals surface area (Å²) in [5.41, 5.74) is -2.12. The Morgan fingerprint density at radius 1 is 0.878 bits per heavy atom. The molecular formula is C35H48O14. The number of carbonyl (C=O) groups excluding carboxylic acids is 6. The predicted octanol–water partition coefficient (Wildman–Crippen LogP) is 1.89. The minimum absolute atomic E-state index is 0.0339. The van der Waals surface area contributed by atoms with Gasteiger partial charge in [0.2, 0.25) is 0 Å². The number of esters is 4. The molecule has 1 unspecified atom stereocenters. The van der Waals surface area contributed by atoms with Gasteiger partial charge >= 0.3 is 23.9 Å². The highest BCUT2D eigenvalue weighted by atomic mass is 16.7. The van der Waals surface area contributed by atoms with Gasteiger partial charge in [-0.2, -0.15) is 0 Å². The molecule has 0 aromatic heterocycles. The third-order valence-electron chi connectivity index (χ3n) is 11.8. The van der Waals surface area contributed by atoms with Gasteiger partial charge in [0.05, 0.1) is 6.10 Å². The molecule has 2 N–H and O–H groups in total. The quantitative estimate of drug-likeness (QED) is 0.262. The van der Waals surface area contributed by atoms with E-state index in [1.54, 1.807) is 6.08 Å². The van der Waals surface area contributed by atoms with Crippen molar-refractivity contribution in [3.63, 3.8) is 0 Å². The highest BCUT2D eigenvalue weighted by Gasteiger charge is 2.68. The van der Waals surface area contributed by atoms with E-state index < -0.39 is 90.7 Å². The third-order valence-corrected chi connectivity index (χ3v) is 11.8. The Kier molecular flexibility index (Phi) is 10.5. The summed E-state index contributed by atoms with van der Waals surface area (Å²) in [6, 6.07) is 0. The fourth-order valence-corrected chi connectivity index (χ4v) is 9.75. The van der Waals surface area contributed by atoms with Crippen LogP contribution in [0.3, 0.4) is 0 Å².